The van der Waals surface area contributed by atoms with Gasteiger partial charge in [-0.3, -0.25) is 0 Å². The molecular weight excluding hydrogens is 228 g/mol. The lowest BCUT2D eigenvalue weighted by atomic mass is 9.89. The molecule has 3 nitrogen and oxygen atoms in total. The molecule has 1 saturated carbocycles. The van der Waals surface area contributed by atoms with Crippen molar-refractivity contribution in [3.05, 3.63) is 35.9 Å². The number of hydrogen-bond donors (Lipinski definition) is 1. The van der Waals surface area contributed by atoms with Crippen LogP contribution in [0, 0.1) is 5.92 Å². The van der Waals surface area contributed by atoms with Gasteiger partial charge >= 0.3 is 5.97 Å². The van der Waals surface area contributed by atoms with Crippen LogP contribution in [0.5, 0.6) is 0 Å². The first-order valence-electron chi connectivity index (χ1n) is 6.62. The first-order valence-corrected chi connectivity index (χ1v) is 6.62. The maximum Gasteiger partial charge on any atom is 0.340 e. The number of aliphatic carboxylic acids is 1. The normalized spacial score (nSPS) is 18.3. The zero-order valence-electron chi connectivity index (χ0n) is 10.8. The molecule has 1 aliphatic carbocycles. The van der Waals surface area contributed by atoms with E-state index in [1.54, 1.807) is 0 Å². The second-order valence-corrected chi connectivity index (χ2v) is 5.00. The minimum Gasteiger partial charge on any atom is -0.479 e. The highest BCUT2D eigenvalue weighted by Gasteiger charge is 2.42. The van der Waals surface area contributed by atoms with E-state index < -0.39 is 11.6 Å². The zero-order chi connectivity index (χ0) is 13.0. The van der Waals surface area contributed by atoms with Crippen LogP contribution < -0.4 is 0 Å². The molecule has 1 aromatic carbocycles. The Morgan fingerprint density at radius 2 is 2.06 bits per heavy atom. The van der Waals surface area contributed by atoms with Crippen LogP contribution in [0.4, 0.5) is 0 Å². The summed E-state index contributed by atoms with van der Waals surface area (Å²) in [5.41, 5.74) is -0.418. The number of rotatable bonds is 7. The van der Waals surface area contributed by atoms with Crippen LogP contribution in [0.25, 0.3) is 0 Å². The average Bonchev–Trinajstić information content (AvgIpc) is 3.19. The Balaban J connectivity index is 2.25. The minimum absolute atomic E-state index is 0.513. The fourth-order valence-electron chi connectivity index (χ4n) is 2.20. The number of hydrogen-bond acceptors (Lipinski definition) is 2. The highest BCUT2D eigenvalue weighted by atomic mass is 16.5. The molecule has 0 aromatic heterocycles. The van der Waals surface area contributed by atoms with Crippen LogP contribution in [0.2, 0.25) is 0 Å². The van der Waals surface area contributed by atoms with Gasteiger partial charge in [0.2, 0.25) is 0 Å². The molecule has 1 N–H and O–H groups in total. The third kappa shape index (κ3) is 2.72. The number of benzene rings is 1. The van der Waals surface area contributed by atoms with Crippen molar-refractivity contribution in [3.8, 4) is 0 Å². The molecule has 18 heavy (non-hydrogen) atoms. The van der Waals surface area contributed by atoms with Gasteiger partial charge in [0.25, 0.3) is 0 Å². The van der Waals surface area contributed by atoms with Gasteiger partial charge in [-0.05, 0) is 30.7 Å². The van der Waals surface area contributed by atoms with E-state index in [9.17, 15) is 9.90 Å². The molecule has 1 aromatic rings. The molecule has 0 bridgehead atoms. The largest absolute Gasteiger partial charge is 0.479 e. The van der Waals surface area contributed by atoms with Gasteiger partial charge in [-0.25, -0.2) is 4.79 Å². The lowest BCUT2D eigenvalue weighted by molar-refractivity contribution is -0.170. The van der Waals surface area contributed by atoms with Crippen molar-refractivity contribution in [1.29, 1.82) is 0 Å². The smallest absolute Gasteiger partial charge is 0.340 e. The van der Waals surface area contributed by atoms with Gasteiger partial charge in [0.15, 0.2) is 5.60 Å². The Hall–Kier alpha value is -1.35. The molecule has 1 atom stereocenters. The van der Waals surface area contributed by atoms with Gasteiger partial charge < -0.3 is 9.84 Å². The maximum atomic E-state index is 11.7. The SMILES string of the molecule is CCCC(OCC1CC1)(C(=O)O)c1ccccc1. The van der Waals surface area contributed by atoms with Crippen LogP contribution in [0.3, 0.4) is 0 Å². The molecule has 0 heterocycles. The van der Waals surface area contributed by atoms with Crippen molar-refractivity contribution >= 4 is 5.97 Å². The van der Waals surface area contributed by atoms with Crippen molar-refractivity contribution in [2.24, 2.45) is 5.92 Å². The lowest BCUT2D eigenvalue weighted by Gasteiger charge is -2.30. The van der Waals surface area contributed by atoms with E-state index in [4.69, 9.17) is 4.74 Å². The second-order valence-electron chi connectivity index (χ2n) is 5.00. The van der Waals surface area contributed by atoms with E-state index >= 15 is 0 Å². The van der Waals surface area contributed by atoms with Gasteiger partial charge in [0.05, 0.1) is 6.61 Å². The summed E-state index contributed by atoms with van der Waals surface area (Å²) in [6.45, 7) is 2.54. The summed E-state index contributed by atoms with van der Waals surface area (Å²) in [7, 11) is 0. The molecule has 0 radical (unpaired) electrons. The summed E-state index contributed by atoms with van der Waals surface area (Å²) < 4.78 is 5.84. The van der Waals surface area contributed by atoms with Crippen molar-refractivity contribution in [3.63, 3.8) is 0 Å². The number of carboxylic acid groups (broad SMARTS) is 1. The molecule has 2 rings (SSSR count). The third-order valence-electron chi connectivity index (χ3n) is 3.45. The summed E-state index contributed by atoms with van der Waals surface area (Å²) >= 11 is 0. The Kier molecular flexibility index (Phi) is 4.02. The summed E-state index contributed by atoms with van der Waals surface area (Å²) in [5.74, 6) is -0.319. The van der Waals surface area contributed by atoms with Gasteiger partial charge in [-0.15, -0.1) is 0 Å². The summed E-state index contributed by atoms with van der Waals surface area (Å²) in [4.78, 5) is 11.7. The summed E-state index contributed by atoms with van der Waals surface area (Å²) in [6, 6.07) is 9.31. The van der Waals surface area contributed by atoms with E-state index in [0.717, 1.165) is 24.8 Å². The minimum atomic E-state index is -1.17. The van der Waals surface area contributed by atoms with Crippen LogP contribution in [-0.2, 0) is 15.1 Å². The first kappa shape index (κ1) is 13.1. The molecule has 0 saturated heterocycles. The molecule has 1 fully saturated rings. The van der Waals surface area contributed by atoms with Gasteiger partial charge in [0.1, 0.15) is 0 Å². The first-order chi connectivity index (χ1) is 8.69. The van der Waals surface area contributed by atoms with Gasteiger partial charge in [-0.2, -0.15) is 0 Å². The Labute approximate surface area is 108 Å². The molecule has 0 spiro atoms. The maximum absolute atomic E-state index is 11.7. The zero-order valence-corrected chi connectivity index (χ0v) is 10.8. The van der Waals surface area contributed by atoms with E-state index in [-0.39, 0.29) is 0 Å². The molecule has 1 unspecified atom stereocenters. The van der Waals surface area contributed by atoms with Crippen molar-refractivity contribution in [2.45, 2.75) is 38.2 Å². The van der Waals surface area contributed by atoms with Crippen LogP contribution in [0.1, 0.15) is 38.2 Å². The van der Waals surface area contributed by atoms with Crippen LogP contribution in [0.15, 0.2) is 30.3 Å². The van der Waals surface area contributed by atoms with E-state index in [0.29, 0.717) is 18.9 Å². The predicted octanol–water partition coefficient (Wildman–Crippen LogP) is 3.19. The highest BCUT2D eigenvalue weighted by molar-refractivity contribution is 5.79. The van der Waals surface area contributed by atoms with Crippen LogP contribution in [-0.4, -0.2) is 17.7 Å². The summed E-state index contributed by atoms with van der Waals surface area (Å²) in [5, 5.41) is 9.62. The molecule has 3 heteroatoms. The topological polar surface area (TPSA) is 46.5 Å². The quantitative estimate of drug-likeness (QED) is 0.806. The fourth-order valence-corrected chi connectivity index (χ4v) is 2.20. The Bertz CT molecular complexity index is 397. The third-order valence-corrected chi connectivity index (χ3v) is 3.45. The standard InChI is InChI=1S/C15H20O3/c1-2-10-15(14(16)17,18-11-12-8-9-12)13-6-4-3-5-7-13/h3-7,12H,2,8-11H2,1H3,(H,16,17). The van der Waals surface area contributed by atoms with E-state index in [1.165, 1.54) is 0 Å². The number of carbonyl (C=O) groups is 1. The lowest BCUT2D eigenvalue weighted by Crippen LogP contribution is -2.39. The molecule has 1 aliphatic rings. The predicted molar refractivity (Wildman–Crippen MR) is 69.3 cm³/mol. The van der Waals surface area contributed by atoms with Crippen molar-refractivity contribution in [2.75, 3.05) is 6.61 Å². The second kappa shape index (κ2) is 5.53. The van der Waals surface area contributed by atoms with E-state index in [1.807, 2.05) is 37.3 Å². The fraction of sp³-hybridized carbons (Fsp3) is 0.533. The van der Waals surface area contributed by atoms with Crippen molar-refractivity contribution in [1.82, 2.24) is 0 Å². The highest BCUT2D eigenvalue weighted by Crippen LogP contribution is 2.36. The van der Waals surface area contributed by atoms with E-state index in [2.05, 4.69) is 0 Å². The number of carboxylic acids is 1. The molecule has 0 aliphatic heterocycles. The molecule has 98 valence electrons. The Morgan fingerprint density at radius 1 is 1.39 bits per heavy atom. The Morgan fingerprint density at radius 3 is 2.56 bits per heavy atom. The monoisotopic (exact) mass is 248 g/mol. The molecule has 0 amide bonds. The van der Waals surface area contributed by atoms with Gasteiger partial charge in [-0.1, -0.05) is 43.7 Å². The van der Waals surface area contributed by atoms with Crippen molar-refractivity contribution < 1.29 is 14.6 Å². The van der Waals surface area contributed by atoms with Crippen LogP contribution >= 0.6 is 0 Å². The van der Waals surface area contributed by atoms with Gasteiger partial charge in [0, 0.05) is 0 Å². The molecular formula is C15H20O3. The summed E-state index contributed by atoms with van der Waals surface area (Å²) in [6.07, 6.45) is 3.62. The number of ether oxygens (including phenoxy) is 1. The average molecular weight is 248 g/mol.